The summed E-state index contributed by atoms with van der Waals surface area (Å²) in [6, 6.07) is 2.33. The molecule has 0 saturated carbocycles. The molecule has 1 saturated heterocycles. The number of likely N-dealkylation sites (tertiary alicyclic amines) is 1. The van der Waals surface area contributed by atoms with Gasteiger partial charge in [-0.2, -0.15) is 0 Å². The summed E-state index contributed by atoms with van der Waals surface area (Å²) in [7, 11) is 0. The fourth-order valence-electron chi connectivity index (χ4n) is 2.26. The summed E-state index contributed by atoms with van der Waals surface area (Å²) in [5.74, 6) is 1.24. The Hall–Kier alpha value is -1.16. The monoisotopic (exact) mass is 222 g/mol. The Morgan fingerprint density at radius 1 is 1.62 bits per heavy atom. The van der Waals surface area contributed by atoms with Crippen molar-refractivity contribution in [1.82, 2.24) is 10.1 Å². The number of carbonyl (C=O) groups is 1. The molecule has 4 heteroatoms. The van der Waals surface area contributed by atoms with Crippen LogP contribution in [0.1, 0.15) is 48.9 Å². The van der Waals surface area contributed by atoms with Crippen molar-refractivity contribution in [3.63, 3.8) is 0 Å². The molecular weight excluding hydrogens is 204 g/mol. The number of aromatic nitrogens is 1. The number of carbonyl (C=O) groups excluding carboxylic acids is 1. The third-order valence-electron chi connectivity index (χ3n) is 3.25. The van der Waals surface area contributed by atoms with Crippen molar-refractivity contribution < 1.29 is 9.32 Å². The summed E-state index contributed by atoms with van der Waals surface area (Å²) in [5, 5.41) is 3.72. The van der Waals surface area contributed by atoms with Crippen molar-refractivity contribution in [1.29, 1.82) is 0 Å². The number of aldehydes is 1. The highest BCUT2D eigenvalue weighted by Gasteiger charge is 2.25. The third-order valence-corrected chi connectivity index (χ3v) is 3.25. The van der Waals surface area contributed by atoms with Crippen LogP contribution in [0.4, 0.5) is 0 Å². The zero-order chi connectivity index (χ0) is 11.5. The normalized spacial score (nSPS) is 22.6. The van der Waals surface area contributed by atoms with Crippen LogP contribution in [0.2, 0.25) is 0 Å². The molecule has 88 valence electrons. The largest absolute Gasteiger partial charge is 0.360 e. The van der Waals surface area contributed by atoms with Gasteiger partial charge in [0.1, 0.15) is 11.5 Å². The van der Waals surface area contributed by atoms with Crippen LogP contribution in [-0.4, -0.2) is 35.5 Å². The van der Waals surface area contributed by atoms with E-state index in [1.54, 1.807) is 6.07 Å². The second-order valence-corrected chi connectivity index (χ2v) is 4.70. The third kappa shape index (κ3) is 2.32. The van der Waals surface area contributed by atoms with E-state index in [1.807, 2.05) is 0 Å². The maximum atomic E-state index is 10.5. The van der Waals surface area contributed by atoms with Crippen LogP contribution in [0.5, 0.6) is 0 Å². The lowest BCUT2D eigenvalue weighted by atomic mass is 9.94. The second kappa shape index (κ2) is 4.78. The number of piperidine rings is 1. The smallest absolute Gasteiger partial charge is 0.171 e. The fraction of sp³-hybridized carbons (Fsp3) is 0.667. The summed E-state index contributed by atoms with van der Waals surface area (Å²) >= 11 is 0. The predicted octanol–water partition coefficient (Wildman–Crippen LogP) is 2.07. The molecule has 1 unspecified atom stereocenters. The van der Waals surface area contributed by atoms with E-state index in [-0.39, 0.29) is 0 Å². The van der Waals surface area contributed by atoms with Gasteiger partial charge in [-0.1, -0.05) is 5.16 Å². The van der Waals surface area contributed by atoms with E-state index in [9.17, 15) is 4.79 Å². The Morgan fingerprint density at radius 2 is 2.44 bits per heavy atom. The molecule has 0 amide bonds. The van der Waals surface area contributed by atoms with Crippen LogP contribution < -0.4 is 0 Å². The number of hydrogen-bond acceptors (Lipinski definition) is 4. The first-order chi connectivity index (χ1) is 7.70. The highest BCUT2D eigenvalue weighted by atomic mass is 16.5. The summed E-state index contributed by atoms with van der Waals surface area (Å²) in [6.45, 7) is 6.58. The van der Waals surface area contributed by atoms with Crippen molar-refractivity contribution >= 4 is 6.29 Å². The lowest BCUT2D eigenvalue weighted by molar-refractivity contribution is 0.111. The van der Waals surface area contributed by atoms with Crippen molar-refractivity contribution in [2.24, 2.45) is 0 Å². The van der Waals surface area contributed by atoms with Crippen LogP contribution in [0.3, 0.4) is 0 Å². The summed E-state index contributed by atoms with van der Waals surface area (Å²) in [6.07, 6.45) is 3.03. The quantitative estimate of drug-likeness (QED) is 0.734. The first kappa shape index (κ1) is 11.3. The van der Waals surface area contributed by atoms with Crippen molar-refractivity contribution in [3.8, 4) is 0 Å². The zero-order valence-corrected chi connectivity index (χ0v) is 9.85. The van der Waals surface area contributed by atoms with E-state index in [4.69, 9.17) is 4.52 Å². The first-order valence-electron chi connectivity index (χ1n) is 5.86. The molecule has 0 aromatic carbocycles. The van der Waals surface area contributed by atoms with Gasteiger partial charge >= 0.3 is 0 Å². The molecular formula is C12H18N2O2. The van der Waals surface area contributed by atoms with Gasteiger partial charge in [0.15, 0.2) is 6.29 Å². The lowest BCUT2D eigenvalue weighted by Crippen LogP contribution is -2.38. The van der Waals surface area contributed by atoms with Gasteiger partial charge in [0.25, 0.3) is 0 Å². The minimum atomic E-state index is 0.386. The van der Waals surface area contributed by atoms with Gasteiger partial charge in [-0.3, -0.25) is 4.79 Å². The minimum Gasteiger partial charge on any atom is -0.360 e. The van der Waals surface area contributed by atoms with E-state index >= 15 is 0 Å². The molecule has 0 spiro atoms. The van der Waals surface area contributed by atoms with Gasteiger partial charge in [-0.25, -0.2) is 0 Å². The van der Waals surface area contributed by atoms with Crippen LogP contribution in [0, 0.1) is 0 Å². The van der Waals surface area contributed by atoms with E-state index in [1.165, 1.54) is 6.42 Å². The minimum absolute atomic E-state index is 0.386. The van der Waals surface area contributed by atoms with Crippen LogP contribution in [-0.2, 0) is 0 Å². The lowest BCUT2D eigenvalue weighted by Gasteiger charge is -2.34. The molecule has 1 aliphatic heterocycles. The summed E-state index contributed by atoms with van der Waals surface area (Å²) in [4.78, 5) is 13.0. The first-order valence-corrected chi connectivity index (χ1v) is 5.86. The molecule has 1 atom stereocenters. The Bertz CT molecular complexity index is 360. The van der Waals surface area contributed by atoms with E-state index < -0.39 is 0 Å². The average molecular weight is 222 g/mol. The topological polar surface area (TPSA) is 46.3 Å². The van der Waals surface area contributed by atoms with Crippen molar-refractivity contribution in [2.75, 3.05) is 13.1 Å². The molecule has 0 aliphatic carbocycles. The second-order valence-electron chi connectivity index (χ2n) is 4.70. The van der Waals surface area contributed by atoms with Crippen LogP contribution in [0.25, 0.3) is 0 Å². The molecule has 0 radical (unpaired) electrons. The van der Waals surface area contributed by atoms with Gasteiger partial charge < -0.3 is 9.42 Å². The van der Waals surface area contributed by atoms with Gasteiger partial charge in [-0.05, 0) is 33.2 Å². The summed E-state index contributed by atoms with van der Waals surface area (Å²) in [5.41, 5.74) is 0.400. The maximum absolute atomic E-state index is 10.5. The number of nitrogens with zero attached hydrogens (tertiary/aromatic N) is 2. The Morgan fingerprint density at radius 3 is 3.06 bits per heavy atom. The number of hydrogen-bond donors (Lipinski definition) is 0. The average Bonchev–Trinajstić information content (AvgIpc) is 2.77. The molecule has 1 aliphatic rings. The Kier molecular flexibility index (Phi) is 3.39. The standard InChI is InChI=1S/C12H18N2O2/c1-9(2)14-5-3-4-10(7-14)12-6-11(8-15)13-16-12/h6,8-10H,3-5,7H2,1-2H3. The molecule has 1 aromatic rings. The van der Waals surface area contributed by atoms with E-state index in [0.717, 1.165) is 31.6 Å². The Labute approximate surface area is 95.6 Å². The van der Waals surface area contributed by atoms with Gasteiger partial charge in [0, 0.05) is 24.6 Å². The van der Waals surface area contributed by atoms with Crippen LogP contribution >= 0.6 is 0 Å². The molecule has 1 fully saturated rings. The highest BCUT2D eigenvalue weighted by molar-refractivity contribution is 5.71. The maximum Gasteiger partial charge on any atom is 0.171 e. The number of rotatable bonds is 3. The fourth-order valence-corrected chi connectivity index (χ4v) is 2.26. The SMILES string of the molecule is CC(C)N1CCCC(c2cc(C=O)no2)C1. The predicted molar refractivity (Wildman–Crippen MR) is 60.6 cm³/mol. The molecule has 2 heterocycles. The highest BCUT2D eigenvalue weighted by Crippen LogP contribution is 2.27. The zero-order valence-electron chi connectivity index (χ0n) is 9.85. The molecule has 0 bridgehead atoms. The van der Waals surface area contributed by atoms with Crippen molar-refractivity contribution in [3.05, 3.63) is 17.5 Å². The van der Waals surface area contributed by atoms with E-state index in [0.29, 0.717) is 17.7 Å². The Balaban J connectivity index is 2.06. The van der Waals surface area contributed by atoms with Crippen LogP contribution in [0.15, 0.2) is 10.6 Å². The molecule has 4 nitrogen and oxygen atoms in total. The van der Waals surface area contributed by atoms with Gasteiger partial charge in [-0.15, -0.1) is 0 Å². The molecule has 0 N–H and O–H groups in total. The van der Waals surface area contributed by atoms with Gasteiger partial charge in [0.2, 0.25) is 0 Å². The van der Waals surface area contributed by atoms with E-state index in [2.05, 4.69) is 23.9 Å². The summed E-state index contributed by atoms with van der Waals surface area (Å²) < 4.78 is 5.22. The molecule has 2 rings (SSSR count). The molecule has 1 aromatic heterocycles. The van der Waals surface area contributed by atoms with Gasteiger partial charge in [0.05, 0.1) is 0 Å². The molecule has 16 heavy (non-hydrogen) atoms. The van der Waals surface area contributed by atoms with Crippen molar-refractivity contribution in [2.45, 2.75) is 38.6 Å².